The van der Waals surface area contributed by atoms with Crippen LogP contribution in [0.2, 0.25) is 5.02 Å². The summed E-state index contributed by atoms with van der Waals surface area (Å²) in [5.74, 6) is -0.971. The molecule has 0 fully saturated rings. The number of nitro benzene ring substituents is 1. The van der Waals surface area contributed by atoms with Crippen LogP contribution in [0.4, 0.5) is 11.4 Å². The van der Waals surface area contributed by atoms with Crippen molar-refractivity contribution in [2.45, 2.75) is 6.92 Å². The fourth-order valence-corrected chi connectivity index (χ4v) is 2.64. The summed E-state index contributed by atoms with van der Waals surface area (Å²) in [6.07, 6.45) is 2.91. The highest BCUT2D eigenvalue weighted by Gasteiger charge is 2.20. The minimum atomic E-state index is -0.759. The molecule has 0 saturated heterocycles. The molecule has 1 N–H and O–H groups in total. The SMILES string of the molecule is Cc1c(C(=O)OCC(=O)Nc2ccc(Cl)cc2[N+](=O)[O-])cnn1-c1ccccn1. The number of benzene rings is 1. The summed E-state index contributed by atoms with van der Waals surface area (Å²) in [6.45, 7) is 1.03. The van der Waals surface area contributed by atoms with E-state index in [-0.39, 0.29) is 22.0 Å². The van der Waals surface area contributed by atoms with Gasteiger partial charge in [0.05, 0.1) is 16.8 Å². The van der Waals surface area contributed by atoms with Crippen LogP contribution < -0.4 is 5.32 Å². The lowest BCUT2D eigenvalue weighted by atomic mass is 10.2. The molecule has 3 aromatic rings. The quantitative estimate of drug-likeness (QED) is 0.372. The first-order chi connectivity index (χ1) is 13.9. The second kappa shape index (κ2) is 8.48. The summed E-state index contributed by atoms with van der Waals surface area (Å²) in [5, 5.41) is 17.6. The van der Waals surface area contributed by atoms with Gasteiger partial charge in [-0.3, -0.25) is 14.9 Å². The lowest BCUT2D eigenvalue weighted by Crippen LogP contribution is -2.21. The van der Waals surface area contributed by atoms with Gasteiger partial charge < -0.3 is 10.1 Å². The molecule has 0 aliphatic carbocycles. The zero-order chi connectivity index (χ0) is 21.0. The smallest absolute Gasteiger partial charge is 0.342 e. The van der Waals surface area contributed by atoms with E-state index in [0.29, 0.717) is 11.5 Å². The number of esters is 1. The van der Waals surface area contributed by atoms with Crippen molar-refractivity contribution in [2.24, 2.45) is 0 Å². The third-order valence-corrected chi connectivity index (χ3v) is 4.10. The number of carbonyl (C=O) groups excluding carboxylic acids is 2. The van der Waals surface area contributed by atoms with Gasteiger partial charge in [0.25, 0.3) is 11.6 Å². The molecule has 3 rings (SSSR count). The van der Waals surface area contributed by atoms with Gasteiger partial charge in [0, 0.05) is 17.3 Å². The highest BCUT2D eigenvalue weighted by atomic mass is 35.5. The van der Waals surface area contributed by atoms with Crippen molar-refractivity contribution >= 4 is 34.9 Å². The Labute approximate surface area is 169 Å². The van der Waals surface area contributed by atoms with Gasteiger partial charge in [0.15, 0.2) is 12.4 Å². The van der Waals surface area contributed by atoms with Crippen molar-refractivity contribution in [3.05, 3.63) is 75.2 Å². The Bertz CT molecular complexity index is 1080. The van der Waals surface area contributed by atoms with Crippen LogP contribution in [-0.2, 0) is 9.53 Å². The van der Waals surface area contributed by atoms with E-state index in [4.69, 9.17) is 16.3 Å². The molecule has 148 valence electrons. The van der Waals surface area contributed by atoms with E-state index in [9.17, 15) is 19.7 Å². The zero-order valence-electron chi connectivity index (χ0n) is 15.0. The summed E-state index contributed by atoms with van der Waals surface area (Å²) in [4.78, 5) is 38.9. The van der Waals surface area contributed by atoms with Crippen LogP contribution in [0.5, 0.6) is 0 Å². The van der Waals surface area contributed by atoms with E-state index < -0.39 is 23.4 Å². The lowest BCUT2D eigenvalue weighted by Gasteiger charge is -2.07. The molecule has 2 aromatic heterocycles. The molecule has 2 heterocycles. The van der Waals surface area contributed by atoms with Gasteiger partial charge in [-0.05, 0) is 31.2 Å². The molecule has 0 unspecified atom stereocenters. The number of nitrogens with zero attached hydrogens (tertiary/aromatic N) is 4. The normalized spacial score (nSPS) is 10.4. The van der Waals surface area contributed by atoms with Gasteiger partial charge in [0.1, 0.15) is 11.3 Å². The van der Waals surface area contributed by atoms with Crippen molar-refractivity contribution in [1.29, 1.82) is 0 Å². The van der Waals surface area contributed by atoms with Crippen molar-refractivity contribution in [2.75, 3.05) is 11.9 Å². The Kier molecular flexibility index (Phi) is 5.84. The van der Waals surface area contributed by atoms with E-state index >= 15 is 0 Å². The van der Waals surface area contributed by atoms with E-state index in [2.05, 4.69) is 15.4 Å². The molecule has 0 saturated carbocycles. The summed E-state index contributed by atoms with van der Waals surface area (Å²) in [5.41, 5.74) is 0.229. The van der Waals surface area contributed by atoms with Crippen LogP contribution in [0.1, 0.15) is 16.1 Å². The summed E-state index contributed by atoms with van der Waals surface area (Å²) < 4.78 is 6.46. The topological polar surface area (TPSA) is 129 Å². The van der Waals surface area contributed by atoms with Gasteiger partial charge in [-0.1, -0.05) is 17.7 Å². The van der Waals surface area contributed by atoms with Crippen LogP contribution in [0.15, 0.2) is 48.8 Å². The number of nitrogens with one attached hydrogen (secondary N) is 1. The first-order valence-electron chi connectivity index (χ1n) is 8.23. The predicted molar refractivity (Wildman–Crippen MR) is 103 cm³/mol. The van der Waals surface area contributed by atoms with Gasteiger partial charge in [-0.25, -0.2) is 14.5 Å². The molecule has 0 atom stereocenters. The molecule has 29 heavy (non-hydrogen) atoms. The molecular formula is C18H14ClN5O5. The number of hydrogen-bond acceptors (Lipinski definition) is 7. The highest BCUT2D eigenvalue weighted by molar-refractivity contribution is 6.31. The molecule has 11 heteroatoms. The number of aromatic nitrogens is 3. The molecule has 1 amide bonds. The average Bonchev–Trinajstić information content (AvgIpc) is 3.09. The summed E-state index contributed by atoms with van der Waals surface area (Å²) in [7, 11) is 0. The van der Waals surface area contributed by atoms with Crippen molar-refractivity contribution in [3.8, 4) is 5.82 Å². The Morgan fingerprint density at radius 1 is 1.31 bits per heavy atom. The molecule has 0 aliphatic heterocycles. The minimum absolute atomic E-state index is 0.0559. The Hall–Kier alpha value is -3.79. The second-order valence-corrected chi connectivity index (χ2v) is 6.22. The third kappa shape index (κ3) is 4.55. The van der Waals surface area contributed by atoms with Gasteiger partial charge in [-0.15, -0.1) is 0 Å². The molecule has 0 spiro atoms. The number of nitro groups is 1. The number of rotatable bonds is 6. The number of ether oxygens (including phenoxy) is 1. The van der Waals surface area contributed by atoms with E-state index in [1.54, 1.807) is 31.3 Å². The molecule has 0 radical (unpaired) electrons. The van der Waals surface area contributed by atoms with Gasteiger partial charge in [-0.2, -0.15) is 5.10 Å². The minimum Gasteiger partial charge on any atom is -0.452 e. The van der Waals surface area contributed by atoms with Gasteiger partial charge >= 0.3 is 5.97 Å². The molecule has 10 nitrogen and oxygen atoms in total. The van der Waals surface area contributed by atoms with Crippen LogP contribution in [0.25, 0.3) is 5.82 Å². The summed E-state index contributed by atoms with van der Waals surface area (Å²) in [6, 6.07) is 9.05. The Morgan fingerprint density at radius 3 is 2.79 bits per heavy atom. The standard InChI is InChI=1S/C18H14ClN5O5/c1-11-13(9-21-23(11)16-4-2-3-7-20-16)18(26)29-10-17(25)22-14-6-5-12(19)8-15(14)24(27)28/h2-9H,10H2,1H3,(H,22,25). The molecular weight excluding hydrogens is 402 g/mol. The Morgan fingerprint density at radius 2 is 2.10 bits per heavy atom. The number of carbonyl (C=O) groups is 2. The van der Waals surface area contributed by atoms with Crippen LogP contribution >= 0.6 is 11.6 Å². The number of anilines is 1. The number of halogens is 1. The maximum atomic E-state index is 12.3. The number of pyridine rings is 1. The zero-order valence-corrected chi connectivity index (χ0v) is 15.8. The van der Waals surface area contributed by atoms with Gasteiger partial charge in [0.2, 0.25) is 0 Å². The molecule has 1 aromatic carbocycles. The van der Waals surface area contributed by atoms with Crippen molar-refractivity contribution in [3.63, 3.8) is 0 Å². The number of hydrogen-bond donors (Lipinski definition) is 1. The van der Waals surface area contributed by atoms with Crippen LogP contribution in [-0.4, -0.2) is 38.2 Å². The summed E-state index contributed by atoms with van der Waals surface area (Å²) >= 11 is 5.73. The van der Waals surface area contributed by atoms with Crippen molar-refractivity contribution in [1.82, 2.24) is 14.8 Å². The number of amides is 1. The molecule has 0 aliphatic rings. The monoisotopic (exact) mass is 415 g/mol. The largest absolute Gasteiger partial charge is 0.452 e. The first-order valence-corrected chi connectivity index (χ1v) is 8.61. The highest BCUT2D eigenvalue weighted by Crippen LogP contribution is 2.27. The second-order valence-electron chi connectivity index (χ2n) is 5.79. The van der Waals surface area contributed by atoms with E-state index in [0.717, 1.165) is 6.07 Å². The maximum absolute atomic E-state index is 12.3. The third-order valence-electron chi connectivity index (χ3n) is 3.86. The fourth-order valence-electron chi connectivity index (χ4n) is 2.48. The molecule has 0 bridgehead atoms. The fraction of sp³-hybridized carbons (Fsp3) is 0.111. The Balaban J connectivity index is 1.65. The van der Waals surface area contributed by atoms with E-state index in [1.165, 1.54) is 23.0 Å². The first kappa shape index (κ1) is 20.0. The van der Waals surface area contributed by atoms with Crippen LogP contribution in [0, 0.1) is 17.0 Å². The van der Waals surface area contributed by atoms with Crippen LogP contribution in [0.3, 0.4) is 0 Å². The van der Waals surface area contributed by atoms with Crippen molar-refractivity contribution < 1.29 is 19.2 Å². The van der Waals surface area contributed by atoms with E-state index in [1.807, 2.05) is 0 Å². The maximum Gasteiger partial charge on any atom is 0.342 e. The lowest BCUT2D eigenvalue weighted by molar-refractivity contribution is -0.383. The average molecular weight is 416 g/mol. The predicted octanol–water partition coefficient (Wildman–Crippen LogP) is 2.93.